The first-order chi connectivity index (χ1) is 13.0. The molecule has 0 radical (unpaired) electrons. The Morgan fingerprint density at radius 2 is 1.86 bits per heavy atom. The number of rotatable bonds is 2. The molecular formula is C19H17Cl2N3O4. The molecule has 0 fully saturated rings. The third kappa shape index (κ3) is 3.68. The summed E-state index contributed by atoms with van der Waals surface area (Å²) in [5, 5.41) is 15.0. The van der Waals surface area contributed by atoms with Gasteiger partial charge in [-0.1, -0.05) is 37.0 Å². The van der Waals surface area contributed by atoms with Crippen LogP contribution >= 0.6 is 23.2 Å². The number of nitrogens with one attached hydrogen (secondary N) is 2. The van der Waals surface area contributed by atoms with Gasteiger partial charge in [0.2, 0.25) is 17.6 Å². The van der Waals surface area contributed by atoms with Crippen LogP contribution in [0.25, 0.3) is 0 Å². The molecule has 7 nitrogen and oxygen atoms in total. The number of hydrogen-bond donors (Lipinski definition) is 3. The fourth-order valence-electron chi connectivity index (χ4n) is 3.22. The Balaban J connectivity index is 2.22. The number of amides is 2. The van der Waals surface area contributed by atoms with E-state index in [1.54, 1.807) is 13.8 Å². The second kappa shape index (κ2) is 7.07. The fraction of sp³-hybridized carbons (Fsp3) is 0.263. The summed E-state index contributed by atoms with van der Waals surface area (Å²) in [6.45, 7) is 4.85. The molecule has 0 aromatic heterocycles. The third-order valence-corrected chi connectivity index (χ3v) is 4.94. The topological polar surface area (TPSA) is 108 Å². The number of ketones is 1. The second-order valence-electron chi connectivity index (χ2n) is 7.18. The minimum atomic E-state index is -0.752. The second-order valence-corrected chi connectivity index (χ2v) is 8.00. The van der Waals surface area contributed by atoms with Crippen LogP contribution in [0.2, 0.25) is 10.0 Å². The number of halogens is 2. The van der Waals surface area contributed by atoms with Gasteiger partial charge in [0.05, 0.1) is 32.8 Å². The van der Waals surface area contributed by atoms with Gasteiger partial charge in [-0.15, -0.1) is 0 Å². The molecule has 1 aliphatic carbocycles. The molecule has 0 atom stereocenters. The Bertz CT molecular complexity index is 999. The predicted octanol–water partition coefficient (Wildman–Crippen LogP) is 3.17. The molecule has 3 N–H and O–H groups in total. The predicted molar refractivity (Wildman–Crippen MR) is 106 cm³/mol. The van der Waals surface area contributed by atoms with Crippen molar-refractivity contribution in [2.24, 2.45) is 10.4 Å². The number of carbonyl (C=O) groups excluding carboxylic acids is 3. The lowest BCUT2D eigenvalue weighted by molar-refractivity contribution is -0.124. The van der Waals surface area contributed by atoms with Crippen LogP contribution in [-0.2, 0) is 14.4 Å². The highest BCUT2D eigenvalue weighted by Crippen LogP contribution is 2.40. The molecule has 1 aromatic carbocycles. The first-order valence-electron chi connectivity index (χ1n) is 8.35. The van der Waals surface area contributed by atoms with Gasteiger partial charge >= 0.3 is 0 Å². The zero-order chi connectivity index (χ0) is 20.8. The van der Waals surface area contributed by atoms with E-state index in [0.717, 1.165) is 0 Å². The molecule has 28 heavy (non-hydrogen) atoms. The van der Waals surface area contributed by atoms with Crippen LogP contribution in [-0.4, -0.2) is 28.4 Å². The average Bonchev–Trinajstić information content (AvgIpc) is 2.54. The largest absolute Gasteiger partial charge is 0.505 e. The van der Waals surface area contributed by atoms with Crippen molar-refractivity contribution < 1.29 is 19.5 Å². The molecule has 0 saturated carbocycles. The maximum atomic E-state index is 12.9. The molecule has 0 saturated heterocycles. The van der Waals surface area contributed by atoms with E-state index in [2.05, 4.69) is 15.6 Å². The first kappa shape index (κ1) is 20.1. The standard InChI is InChI=1S/C19H17Cl2N3O4/c1-8(25)22-13-6-12(23-9-4-10(20)17(27)11(21)5-9)16-15(18(13)28)19(2,3)7-14(26)24-16/h4-6,27H,7H2,1-3H3,(H,22,25)(H,24,26). The molecule has 1 heterocycles. The molecule has 0 spiro atoms. The highest BCUT2D eigenvalue weighted by molar-refractivity contribution is 6.37. The summed E-state index contributed by atoms with van der Waals surface area (Å²) in [7, 11) is 0. The van der Waals surface area contributed by atoms with Gasteiger partial charge in [0.25, 0.3) is 0 Å². The van der Waals surface area contributed by atoms with Gasteiger partial charge in [-0.2, -0.15) is 0 Å². The van der Waals surface area contributed by atoms with Crippen LogP contribution in [0.3, 0.4) is 0 Å². The Hall–Kier alpha value is -2.64. The number of phenols is 1. The molecule has 9 heteroatoms. The van der Waals surface area contributed by atoms with E-state index in [9.17, 15) is 19.5 Å². The lowest BCUT2D eigenvalue weighted by atomic mass is 9.72. The van der Waals surface area contributed by atoms with E-state index >= 15 is 0 Å². The number of benzene rings is 1. The summed E-state index contributed by atoms with van der Waals surface area (Å²) in [6, 6.07) is 2.79. The average molecular weight is 422 g/mol. The van der Waals surface area contributed by atoms with Crippen molar-refractivity contribution in [3.05, 3.63) is 45.2 Å². The zero-order valence-corrected chi connectivity index (χ0v) is 16.8. The van der Waals surface area contributed by atoms with E-state index in [-0.39, 0.29) is 51.0 Å². The highest BCUT2D eigenvalue weighted by Gasteiger charge is 2.42. The monoisotopic (exact) mass is 421 g/mol. The maximum absolute atomic E-state index is 12.9. The third-order valence-electron chi connectivity index (χ3n) is 4.36. The zero-order valence-electron chi connectivity index (χ0n) is 15.3. The van der Waals surface area contributed by atoms with Gasteiger partial charge in [0.1, 0.15) is 0 Å². The molecule has 1 aliphatic heterocycles. The van der Waals surface area contributed by atoms with Crippen LogP contribution in [0.5, 0.6) is 5.75 Å². The summed E-state index contributed by atoms with van der Waals surface area (Å²) >= 11 is 11.9. The number of nitrogens with zero attached hydrogens (tertiary/aromatic N) is 1. The van der Waals surface area contributed by atoms with Crippen LogP contribution in [0.4, 0.5) is 5.69 Å². The number of Topliss-reactive ketones (excluding diaryl/α,β-unsaturated/α-hetero) is 1. The van der Waals surface area contributed by atoms with Crippen LogP contribution in [0, 0.1) is 5.41 Å². The fourth-order valence-corrected chi connectivity index (χ4v) is 3.70. The number of hydrogen-bond acceptors (Lipinski definition) is 5. The lowest BCUT2D eigenvalue weighted by Crippen LogP contribution is -2.46. The van der Waals surface area contributed by atoms with Crippen molar-refractivity contribution in [2.45, 2.75) is 27.2 Å². The van der Waals surface area contributed by atoms with Crippen molar-refractivity contribution in [1.29, 1.82) is 0 Å². The van der Waals surface area contributed by atoms with Gasteiger partial charge in [-0.3, -0.25) is 14.4 Å². The SMILES string of the molecule is CC(=O)NC1=CC(=Nc2cc(Cl)c(O)c(Cl)c2)C2=C(C1=O)C(C)(C)CC(=O)N2. The highest BCUT2D eigenvalue weighted by atomic mass is 35.5. The van der Waals surface area contributed by atoms with Crippen LogP contribution in [0.15, 0.2) is 40.2 Å². The summed E-state index contributed by atoms with van der Waals surface area (Å²) in [5.74, 6) is -1.30. The Kier molecular flexibility index (Phi) is 5.08. The van der Waals surface area contributed by atoms with Crippen molar-refractivity contribution in [3.8, 4) is 5.75 Å². The molecule has 146 valence electrons. The van der Waals surface area contributed by atoms with Crippen molar-refractivity contribution in [1.82, 2.24) is 10.6 Å². The van der Waals surface area contributed by atoms with Gasteiger partial charge in [-0.25, -0.2) is 4.99 Å². The minimum absolute atomic E-state index is 0.00649. The Morgan fingerprint density at radius 1 is 1.25 bits per heavy atom. The molecule has 3 rings (SSSR count). The number of carbonyl (C=O) groups is 3. The molecular weight excluding hydrogens is 405 g/mol. The normalized spacial score (nSPS) is 19.9. The lowest BCUT2D eigenvalue weighted by Gasteiger charge is -2.36. The number of allylic oxidation sites excluding steroid dienone is 2. The van der Waals surface area contributed by atoms with E-state index in [1.807, 2.05) is 0 Å². The minimum Gasteiger partial charge on any atom is -0.505 e. The van der Waals surface area contributed by atoms with Crippen molar-refractivity contribution >= 4 is 52.2 Å². The summed E-state index contributed by atoms with van der Waals surface area (Å²) in [6.07, 6.45) is 1.51. The molecule has 0 bridgehead atoms. The van der Waals surface area contributed by atoms with E-state index in [4.69, 9.17) is 23.2 Å². The van der Waals surface area contributed by atoms with Crippen molar-refractivity contribution in [3.63, 3.8) is 0 Å². The Morgan fingerprint density at radius 3 is 2.43 bits per heavy atom. The summed E-state index contributed by atoms with van der Waals surface area (Å²) < 4.78 is 0. The first-order valence-corrected chi connectivity index (χ1v) is 9.11. The van der Waals surface area contributed by atoms with Crippen LogP contribution < -0.4 is 10.6 Å². The molecule has 0 unspecified atom stereocenters. The Labute approximate surface area is 171 Å². The molecule has 1 aromatic rings. The number of aliphatic imine (C=N–C) groups is 1. The van der Waals surface area contributed by atoms with Gasteiger partial charge in [-0.05, 0) is 18.2 Å². The number of aromatic hydroxyl groups is 1. The maximum Gasteiger partial charge on any atom is 0.225 e. The summed E-state index contributed by atoms with van der Waals surface area (Å²) in [5.41, 5.74) is 0.508. The van der Waals surface area contributed by atoms with Crippen molar-refractivity contribution in [2.75, 3.05) is 0 Å². The van der Waals surface area contributed by atoms with Gasteiger partial charge in [0, 0.05) is 24.3 Å². The van der Waals surface area contributed by atoms with Gasteiger partial charge in [0.15, 0.2) is 5.75 Å². The van der Waals surface area contributed by atoms with Crippen LogP contribution in [0.1, 0.15) is 27.2 Å². The quantitative estimate of drug-likeness (QED) is 0.637. The van der Waals surface area contributed by atoms with E-state index in [0.29, 0.717) is 11.3 Å². The smallest absolute Gasteiger partial charge is 0.225 e. The molecule has 2 amide bonds. The van der Waals surface area contributed by atoms with E-state index in [1.165, 1.54) is 25.1 Å². The number of phenolic OH excluding ortho intramolecular Hbond substituents is 1. The molecule has 2 aliphatic rings. The summed E-state index contributed by atoms with van der Waals surface area (Å²) in [4.78, 5) is 41.1. The van der Waals surface area contributed by atoms with Gasteiger partial charge < -0.3 is 15.7 Å². The van der Waals surface area contributed by atoms with E-state index < -0.39 is 11.3 Å².